The predicted molar refractivity (Wildman–Crippen MR) is 82.9 cm³/mol. The van der Waals surface area contributed by atoms with E-state index in [1.807, 2.05) is 26.0 Å². The molecule has 0 bridgehead atoms. The van der Waals surface area contributed by atoms with Crippen LogP contribution < -0.4 is 0 Å². The van der Waals surface area contributed by atoms with Crippen molar-refractivity contribution in [1.29, 1.82) is 0 Å². The highest BCUT2D eigenvalue weighted by Gasteiger charge is 2.50. The van der Waals surface area contributed by atoms with Crippen LogP contribution in [0, 0.1) is 19.3 Å². The van der Waals surface area contributed by atoms with E-state index in [4.69, 9.17) is 4.74 Å². The largest absolute Gasteiger partial charge is 0.465 e. The Balaban J connectivity index is 2.55. The minimum atomic E-state index is -1.35. The van der Waals surface area contributed by atoms with E-state index in [1.54, 1.807) is 6.92 Å². The van der Waals surface area contributed by atoms with E-state index < -0.39 is 11.4 Å². The molecule has 0 N–H and O–H groups in total. The molecule has 0 saturated carbocycles. The number of fused-ring (bicyclic) bond motifs is 1. The number of hydrogen-bond acceptors (Lipinski definition) is 4. The lowest BCUT2D eigenvalue weighted by atomic mass is 9.67. The zero-order valence-corrected chi connectivity index (χ0v) is 13.6. The number of esters is 1. The topological polar surface area (TPSA) is 60.4 Å². The van der Waals surface area contributed by atoms with Gasteiger partial charge in [-0.3, -0.25) is 14.4 Å². The lowest BCUT2D eigenvalue weighted by Gasteiger charge is -2.34. The van der Waals surface area contributed by atoms with Gasteiger partial charge in [0.1, 0.15) is 11.2 Å². The number of carbonyl (C=O) groups excluding carboxylic acids is 3. The van der Waals surface area contributed by atoms with Crippen molar-refractivity contribution >= 4 is 17.5 Å². The summed E-state index contributed by atoms with van der Waals surface area (Å²) in [5.74, 6) is -1.01. The van der Waals surface area contributed by atoms with Crippen LogP contribution in [-0.2, 0) is 20.7 Å². The lowest BCUT2D eigenvalue weighted by molar-refractivity contribution is -0.154. The van der Waals surface area contributed by atoms with Crippen molar-refractivity contribution in [3.05, 3.63) is 34.4 Å². The number of aryl methyl sites for hydroxylation is 2. The molecule has 1 aromatic carbocycles. The molecule has 0 spiro atoms. The van der Waals surface area contributed by atoms with Gasteiger partial charge in [-0.1, -0.05) is 11.6 Å². The molecule has 118 valence electrons. The molecule has 0 unspecified atom stereocenters. The van der Waals surface area contributed by atoms with E-state index in [2.05, 4.69) is 0 Å². The van der Waals surface area contributed by atoms with Gasteiger partial charge in [0.25, 0.3) is 0 Å². The molecule has 0 radical (unpaired) electrons. The Morgan fingerprint density at radius 1 is 1.27 bits per heavy atom. The molecule has 1 aliphatic rings. The summed E-state index contributed by atoms with van der Waals surface area (Å²) >= 11 is 0. The normalized spacial score (nSPS) is 20.5. The molecule has 1 atom stereocenters. The fraction of sp³-hybridized carbons (Fsp3) is 0.500. The number of hydrogen-bond donors (Lipinski definition) is 0. The second-order valence-electron chi connectivity index (χ2n) is 6.12. The SMILES string of the molecule is CCOC(=O)[C@]1(CC(C)=O)CCc2c(C)cc(C)cc2C1=O. The molecule has 0 heterocycles. The highest BCUT2D eigenvalue weighted by atomic mass is 16.5. The number of carbonyl (C=O) groups is 3. The number of ether oxygens (including phenoxy) is 1. The first-order valence-electron chi connectivity index (χ1n) is 7.63. The van der Waals surface area contributed by atoms with Crippen LogP contribution in [0.25, 0.3) is 0 Å². The summed E-state index contributed by atoms with van der Waals surface area (Å²) in [5.41, 5.74) is 2.24. The standard InChI is InChI=1S/C18H22O4/c1-5-22-17(21)18(10-13(4)19)7-6-14-12(3)8-11(2)9-15(14)16(18)20/h8-9H,5-7,10H2,1-4H3/t18-/m0/s1. The first-order valence-corrected chi connectivity index (χ1v) is 7.63. The molecule has 1 aromatic rings. The van der Waals surface area contributed by atoms with E-state index in [0.29, 0.717) is 18.4 Å². The van der Waals surface area contributed by atoms with Gasteiger partial charge in [-0.15, -0.1) is 0 Å². The zero-order chi connectivity index (χ0) is 16.5. The van der Waals surface area contributed by atoms with Gasteiger partial charge in [-0.25, -0.2) is 0 Å². The van der Waals surface area contributed by atoms with Crippen molar-refractivity contribution in [2.75, 3.05) is 6.61 Å². The third-order valence-corrected chi connectivity index (χ3v) is 4.32. The Bertz CT molecular complexity index is 645. The van der Waals surface area contributed by atoms with Crippen LogP contribution in [0.1, 0.15) is 53.7 Å². The Kier molecular flexibility index (Phi) is 4.50. The monoisotopic (exact) mass is 302 g/mol. The van der Waals surface area contributed by atoms with Crippen LogP contribution in [0.3, 0.4) is 0 Å². The summed E-state index contributed by atoms with van der Waals surface area (Å²) in [5, 5.41) is 0. The summed E-state index contributed by atoms with van der Waals surface area (Å²) in [6.45, 7) is 7.21. The molecule has 1 aliphatic carbocycles. The maximum Gasteiger partial charge on any atom is 0.320 e. The molecular formula is C18H22O4. The van der Waals surface area contributed by atoms with Gasteiger partial charge in [0.2, 0.25) is 0 Å². The maximum absolute atomic E-state index is 13.0. The summed E-state index contributed by atoms with van der Waals surface area (Å²) in [4.78, 5) is 37.1. The average Bonchev–Trinajstić information content (AvgIpc) is 2.42. The van der Waals surface area contributed by atoms with Crippen molar-refractivity contribution in [2.24, 2.45) is 5.41 Å². The van der Waals surface area contributed by atoms with E-state index in [-0.39, 0.29) is 24.6 Å². The highest BCUT2D eigenvalue weighted by Crippen LogP contribution is 2.41. The van der Waals surface area contributed by atoms with Gasteiger partial charge in [0, 0.05) is 12.0 Å². The predicted octanol–water partition coefficient (Wildman–Crippen LogP) is 2.96. The molecule has 22 heavy (non-hydrogen) atoms. The van der Waals surface area contributed by atoms with E-state index in [0.717, 1.165) is 16.7 Å². The van der Waals surface area contributed by atoms with Gasteiger partial charge in [-0.2, -0.15) is 0 Å². The van der Waals surface area contributed by atoms with Crippen molar-refractivity contribution in [3.8, 4) is 0 Å². The smallest absolute Gasteiger partial charge is 0.320 e. The molecule has 4 nitrogen and oxygen atoms in total. The summed E-state index contributed by atoms with van der Waals surface area (Å²) < 4.78 is 5.12. The van der Waals surface area contributed by atoms with Crippen LogP contribution in [0.15, 0.2) is 12.1 Å². The first-order chi connectivity index (χ1) is 10.3. The van der Waals surface area contributed by atoms with Crippen LogP contribution in [0.4, 0.5) is 0 Å². The Morgan fingerprint density at radius 2 is 1.95 bits per heavy atom. The second-order valence-corrected chi connectivity index (χ2v) is 6.12. The van der Waals surface area contributed by atoms with Crippen LogP contribution in [0.2, 0.25) is 0 Å². The van der Waals surface area contributed by atoms with Crippen molar-refractivity contribution in [1.82, 2.24) is 0 Å². The quantitative estimate of drug-likeness (QED) is 0.634. The fourth-order valence-corrected chi connectivity index (χ4v) is 3.37. The second kappa shape index (κ2) is 6.03. The van der Waals surface area contributed by atoms with Gasteiger partial charge in [0.05, 0.1) is 6.61 Å². The van der Waals surface area contributed by atoms with Crippen LogP contribution in [-0.4, -0.2) is 24.1 Å². The molecule has 0 fully saturated rings. The number of ketones is 2. The average molecular weight is 302 g/mol. The van der Waals surface area contributed by atoms with Crippen LogP contribution >= 0.6 is 0 Å². The third kappa shape index (κ3) is 2.70. The Morgan fingerprint density at radius 3 is 2.55 bits per heavy atom. The Labute approximate surface area is 130 Å². The molecule has 0 aliphatic heterocycles. The van der Waals surface area contributed by atoms with Crippen molar-refractivity contribution in [3.63, 3.8) is 0 Å². The van der Waals surface area contributed by atoms with Gasteiger partial charge in [-0.05, 0) is 57.7 Å². The zero-order valence-electron chi connectivity index (χ0n) is 13.6. The fourth-order valence-electron chi connectivity index (χ4n) is 3.37. The van der Waals surface area contributed by atoms with Gasteiger partial charge in [0.15, 0.2) is 5.78 Å². The van der Waals surface area contributed by atoms with E-state index >= 15 is 0 Å². The first kappa shape index (κ1) is 16.4. The minimum Gasteiger partial charge on any atom is -0.465 e. The number of benzene rings is 1. The molecule has 0 amide bonds. The third-order valence-electron chi connectivity index (χ3n) is 4.32. The molecule has 4 heteroatoms. The number of rotatable bonds is 4. The van der Waals surface area contributed by atoms with Crippen molar-refractivity contribution < 1.29 is 19.1 Å². The number of Topliss-reactive ketones (excluding diaryl/α,β-unsaturated/α-hetero) is 2. The molecular weight excluding hydrogens is 280 g/mol. The van der Waals surface area contributed by atoms with E-state index in [9.17, 15) is 14.4 Å². The van der Waals surface area contributed by atoms with E-state index in [1.165, 1.54) is 6.92 Å². The molecule has 2 rings (SSSR count). The Hall–Kier alpha value is -1.97. The van der Waals surface area contributed by atoms with Gasteiger partial charge >= 0.3 is 5.97 Å². The maximum atomic E-state index is 13.0. The van der Waals surface area contributed by atoms with Crippen molar-refractivity contribution in [2.45, 2.75) is 47.0 Å². The summed E-state index contributed by atoms with van der Waals surface area (Å²) in [7, 11) is 0. The molecule has 0 saturated heterocycles. The minimum absolute atomic E-state index is 0.0862. The summed E-state index contributed by atoms with van der Waals surface area (Å²) in [6.07, 6.45) is 0.859. The lowest BCUT2D eigenvalue weighted by Crippen LogP contribution is -2.45. The molecule has 0 aromatic heterocycles. The van der Waals surface area contributed by atoms with Crippen LogP contribution in [0.5, 0.6) is 0 Å². The van der Waals surface area contributed by atoms with Gasteiger partial charge < -0.3 is 4.74 Å². The summed E-state index contributed by atoms with van der Waals surface area (Å²) in [6, 6.07) is 3.85. The highest BCUT2D eigenvalue weighted by molar-refractivity contribution is 6.16.